The molecule has 3 atom stereocenters. The van der Waals surface area contributed by atoms with Crippen LogP contribution in [0.15, 0.2) is 0 Å². The zero-order chi connectivity index (χ0) is 16.0. The summed E-state index contributed by atoms with van der Waals surface area (Å²) in [5.41, 5.74) is 6.49. The molecule has 0 saturated heterocycles. The van der Waals surface area contributed by atoms with Gasteiger partial charge in [0.2, 0.25) is 0 Å². The number of hydrogen-bond donors (Lipinski definition) is 1. The van der Waals surface area contributed by atoms with Crippen LogP contribution in [-0.2, 0) is 4.74 Å². The zero-order valence-electron chi connectivity index (χ0n) is 15.2. The average Bonchev–Trinajstić information content (AvgIpc) is 2.45. The summed E-state index contributed by atoms with van der Waals surface area (Å²) >= 11 is 0. The minimum Gasteiger partial charge on any atom is -0.377 e. The van der Waals surface area contributed by atoms with E-state index in [0.29, 0.717) is 23.5 Å². The van der Waals surface area contributed by atoms with Crippen LogP contribution in [0.3, 0.4) is 0 Å². The first kappa shape index (κ1) is 18.9. The van der Waals surface area contributed by atoms with Crippen molar-refractivity contribution in [2.24, 2.45) is 23.0 Å². The number of hydrogen-bond acceptors (Lipinski definition) is 3. The number of nitrogens with two attached hydrogens (primary N) is 1. The van der Waals surface area contributed by atoms with Gasteiger partial charge in [-0.05, 0) is 64.0 Å². The van der Waals surface area contributed by atoms with E-state index < -0.39 is 0 Å². The molecular weight excluding hydrogens is 260 g/mol. The van der Waals surface area contributed by atoms with Gasteiger partial charge in [0.1, 0.15) is 0 Å². The van der Waals surface area contributed by atoms with E-state index >= 15 is 0 Å². The van der Waals surface area contributed by atoms with Crippen LogP contribution in [0, 0.1) is 17.3 Å². The molecule has 0 aromatic rings. The molecule has 0 spiro atoms. The molecule has 0 aromatic carbocycles. The highest BCUT2D eigenvalue weighted by atomic mass is 16.5. The van der Waals surface area contributed by atoms with E-state index in [4.69, 9.17) is 10.5 Å². The number of nitrogens with zero attached hydrogens (tertiary/aromatic N) is 1. The van der Waals surface area contributed by atoms with Gasteiger partial charge in [-0.3, -0.25) is 0 Å². The molecule has 1 rings (SSSR count). The Morgan fingerprint density at radius 2 is 1.95 bits per heavy atom. The number of likely N-dealkylation sites (N-methyl/N-ethyl adjacent to an activating group) is 1. The molecular formula is C18H38N2O. The second-order valence-electron chi connectivity index (χ2n) is 7.82. The van der Waals surface area contributed by atoms with Crippen LogP contribution in [0.25, 0.3) is 0 Å². The maximum absolute atomic E-state index is 6.04. The van der Waals surface area contributed by atoms with Crippen molar-refractivity contribution in [2.75, 3.05) is 26.7 Å². The Hall–Kier alpha value is -0.120. The third-order valence-electron chi connectivity index (χ3n) is 5.74. The summed E-state index contributed by atoms with van der Waals surface area (Å²) in [6.45, 7) is 14.0. The highest BCUT2D eigenvalue weighted by Crippen LogP contribution is 2.43. The first-order valence-corrected chi connectivity index (χ1v) is 8.83. The summed E-state index contributed by atoms with van der Waals surface area (Å²) in [5, 5.41) is 0. The Bertz CT molecular complexity index is 291. The fourth-order valence-corrected chi connectivity index (χ4v) is 3.62. The normalized spacial score (nSPS) is 27.6. The molecule has 3 heteroatoms. The van der Waals surface area contributed by atoms with Crippen LogP contribution >= 0.6 is 0 Å². The molecule has 1 saturated carbocycles. The summed E-state index contributed by atoms with van der Waals surface area (Å²) in [4.78, 5) is 2.50. The lowest BCUT2D eigenvalue weighted by Gasteiger charge is -2.46. The monoisotopic (exact) mass is 298 g/mol. The molecule has 0 heterocycles. The maximum Gasteiger partial charge on any atom is 0.0596 e. The van der Waals surface area contributed by atoms with Crippen LogP contribution in [0.1, 0.15) is 60.3 Å². The highest BCUT2D eigenvalue weighted by molar-refractivity contribution is 4.91. The molecule has 126 valence electrons. The minimum atomic E-state index is 0.321. The molecule has 0 aliphatic heterocycles. The van der Waals surface area contributed by atoms with Gasteiger partial charge in [-0.25, -0.2) is 0 Å². The lowest BCUT2D eigenvalue weighted by molar-refractivity contribution is 0.0187. The van der Waals surface area contributed by atoms with E-state index in [1.54, 1.807) is 0 Å². The molecule has 1 fully saturated rings. The zero-order valence-corrected chi connectivity index (χ0v) is 15.2. The van der Waals surface area contributed by atoms with E-state index in [-0.39, 0.29) is 0 Å². The summed E-state index contributed by atoms with van der Waals surface area (Å²) in [6, 6.07) is 0.621. The molecule has 0 radical (unpaired) electrons. The van der Waals surface area contributed by atoms with E-state index in [2.05, 4.69) is 46.6 Å². The molecule has 3 unspecified atom stereocenters. The predicted octanol–water partition coefficient (Wildman–Crippen LogP) is 3.52. The fraction of sp³-hybridized carbons (Fsp3) is 1.00. The molecule has 0 amide bonds. The molecule has 2 N–H and O–H groups in total. The van der Waals surface area contributed by atoms with Crippen molar-refractivity contribution in [3.63, 3.8) is 0 Å². The van der Waals surface area contributed by atoms with Crippen molar-refractivity contribution in [3.8, 4) is 0 Å². The smallest absolute Gasteiger partial charge is 0.0596 e. The Kier molecular flexibility index (Phi) is 7.66. The SMILES string of the molecule is CCC(C)(C)C1CCC(CN)C(N(C)CCOC(C)C)C1. The van der Waals surface area contributed by atoms with Crippen molar-refractivity contribution in [2.45, 2.75) is 72.4 Å². The molecule has 21 heavy (non-hydrogen) atoms. The van der Waals surface area contributed by atoms with E-state index in [1.165, 1.54) is 25.7 Å². The summed E-state index contributed by atoms with van der Waals surface area (Å²) in [5.74, 6) is 1.47. The van der Waals surface area contributed by atoms with Crippen molar-refractivity contribution >= 4 is 0 Å². The second-order valence-corrected chi connectivity index (χ2v) is 7.82. The van der Waals surface area contributed by atoms with Gasteiger partial charge >= 0.3 is 0 Å². The first-order valence-electron chi connectivity index (χ1n) is 8.83. The Labute approximate surface area is 132 Å². The van der Waals surface area contributed by atoms with E-state index in [0.717, 1.165) is 25.6 Å². The van der Waals surface area contributed by atoms with Crippen LogP contribution in [0.4, 0.5) is 0 Å². The van der Waals surface area contributed by atoms with Gasteiger partial charge in [0.15, 0.2) is 0 Å². The predicted molar refractivity (Wildman–Crippen MR) is 91.5 cm³/mol. The van der Waals surface area contributed by atoms with Crippen molar-refractivity contribution in [1.82, 2.24) is 4.90 Å². The van der Waals surface area contributed by atoms with Gasteiger partial charge < -0.3 is 15.4 Å². The van der Waals surface area contributed by atoms with Crippen LogP contribution < -0.4 is 5.73 Å². The van der Waals surface area contributed by atoms with Gasteiger partial charge in [-0.1, -0.05) is 27.2 Å². The van der Waals surface area contributed by atoms with Gasteiger partial charge in [0.25, 0.3) is 0 Å². The first-order chi connectivity index (χ1) is 9.81. The van der Waals surface area contributed by atoms with E-state index in [1.807, 2.05) is 0 Å². The van der Waals surface area contributed by atoms with Gasteiger partial charge in [-0.15, -0.1) is 0 Å². The Balaban J connectivity index is 2.61. The lowest BCUT2D eigenvalue weighted by atomic mass is 9.65. The quantitative estimate of drug-likeness (QED) is 0.745. The summed E-state index contributed by atoms with van der Waals surface area (Å²) in [7, 11) is 2.25. The lowest BCUT2D eigenvalue weighted by Crippen LogP contribution is -2.48. The minimum absolute atomic E-state index is 0.321. The molecule has 0 bridgehead atoms. The van der Waals surface area contributed by atoms with E-state index in [9.17, 15) is 0 Å². The molecule has 1 aliphatic rings. The van der Waals surface area contributed by atoms with Crippen molar-refractivity contribution < 1.29 is 4.74 Å². The fourth-order valence-electron chi connectivity index (χ4n) is 3.62. The third-order valence-corrected chi connectivity index (χ3v) is 5.74. The maximum atomic E-state index is 6.04. The number of ether oxygens (including phenoxy) is 1. The van der Waals surface area contributed by atoms with Crippen molar-refractivity contribution in [3.05, 3.63) is 0 Å². The Morgan fingerprint density at radius 1 is 1.29 bits per heavy atom. The largest absolute Gasteiger partial charge is 0.377 e. The standard InChI is InChI=1S/C18H38N2O/c1-7-18(4,5)16-9-8-15(13-19)17(12-16)20(6)10-11-21-14(2)3/h14-17H,7-13,19H2,1-6H3. The van der Waals surface area contributed by atoms with Crippen LogP contribution in [0.2, 0.25) is 0 Å². The number of rotatable bonds is 8. The topological polar surface area (TPSA) is 38.5 Å². The van der Waals surface area contributed by atoms with Crippen LogP contribution in [-0.4, -0.2) is 43.8 Å². The highest BCUT2D eigenvalue weighted by Gasteiger charge is 2.38. The van der Waals surface area contributed by atoms with Crippen molar-refractivity contribution in [1.29, 1.82) is 0 Å². The van der Waals surface area contributed by atoms with Gasteiger partial charge in [0.05, 0.1) is 12.7 Å². The van der Waals surface area contributed by atoms with Crippen LogP contribution in [0.5, 0.6) is 0 Å². The molecule has 0 aromatic heterocycles. The second kappa shape index (κ2) is 8.50. The average molecular weight is 299 g/mol. The summed E-state index contributed by atoms with van der Waals surface area (Å²) < 4.78 is 5.71. The Morgan fingerprint density at radius 3 is 2.48 bits per heavy atom. The molecule has 1 aliphatic carbocycles. The molecule has 3 nitrogen and oxygen atoms in total. The van der Waals surface area contributed by atoms with Gasteiger partial charge in [0, 0.05) is 12.6 Å². The van der Waals surface area contributed by atoms with Gasteiger partial charge in [-0.2, -0.15) is 0 Å². The third kappa shape index (κ3) is 5.54. The summed E-state index contributed by atoms with van der Waals surface area (Å²) in [6.07, 6.45) is 5.50.